The van der Waals surface area contributed by atoms with Gasteiger partial charge in [-0.25, -0.2) is 4.79 Å². The van der Waals surface area contributed by atoms with Gasteiger partial charge in [-0.1, -0.05) is 36.4 Å². The second-order valence-electron chi connectivity index (χ2n) is 6.57. The van der Waals surface area contributed by atoms with Gasteiger partial charge in [-0.05, 0) is 55.8 Å². The Labute approximate surface area is 175 Å². The third-order valence-corrected chi connectivity index (χ3v) is 4.59. The molecule has 0 amide bonds. The molecule has 0 aromatic heterocycles. The average molecular weight is 399 g/mol. The van der Waals surface area contributed by atoms with Crippen LogP contribution in [0, 0.1) is 11.3 Å². The minimum Gasteiger partial charge on any atom is -0.494 e. The predicted molar refractivity (Wildman–Crippen MR) is 113 cm³/mol. The molecule has 3 aromatic rings. The monoisotopic (exact) mass is 399 g/mol. The summed E-state index contributed by atoms with van der Waals surface area (Å²) in [5, 5.41) is 9.39. The van der Waals surface area contributed by atoms with Gasteiger partial charge >= 0.3 is 5.97 Å². The van der Waals surface area contributed by atoms with Crippen molar-refractivity contribution in [2.75, 3.05) is 6.61 Å². The molecule has 0 aliphatic heterocycles. The average Bonchev–Trinajstić information content (AvgIpc) is 2.79. The first kappa shape index (κ1) is 20.8. The molecule has 0 radical (unpaired) electrons. The van der Waals surface area contributed by atoms with Gasteiger partial charge in [0, 0.05) is 11.1 Å². The lowest BCUT2D eigenvalue weighted by atomic mass is 9.96. The van der Waals surface area contributed by atoms with Crippen molar-refractivity contribution < 1.29 is 19.1 Å². The van der Waals surface area contributed by atoms with E-state index in [0.717, 1.165) is 0 Å². The van der Waals surface area contributed by atoms with E-state index in [2.05, 4.69) is 6.07 Å². The van der Waals surface area contributed by atoms with Crippen LogP contribution in [0.1, 0.15) is 40.1 Å². The van der Waals surface area contributed by atoms with E-state index < -0.39 is 12.1 Å². The molecular formula is C25H21NO4. The highest BCUT2D eigenvalue weighted by atomic mass is 16.5. The zero-order chi connectivity index (χ0) is 21.5. The number of nitrogens with zero attached hydrogens (tertiary/aromatic N) is 1. The Morgan fingerprint density at radius 2 is 1.57 bits per heavy atom. The minimum atomic E-state index is -0.963. The highest BCUT2D eigenvalue weighted by Gasteiger charge is 2.23. The Morgan fingerprint density at radius 1 is 0.933 bits per heavy atom. The van der Waals surface area contributed by atoms with Crippen LogP contribution in [0.2, 0.25) is 0 Å². The van der Waals surface area contributed by atoms with Gasteiger partial charge in [0.05, 0.1) is 23.8 Å². The maximum absolute atomic E-state index is 12.8. The van der Waals surface area contributed by atoms with Crippen molar-refractivity contribution in [1.82, 2.24) is 0 Å². The molecular weight excluding hydrogens is 378 g/mol. The van der Waals surface area contributed by atoms with E-state index >= 15 is 0 Å². The van der Waals surface area contributed by atoms with Crippen molar-refractivity contribution in [3.8, 4) is 22.9 Å². The third kappa shape index (κ3) is 4.56. The summed E-state index contributed by atoms with van der Waals surface area (Å²) >= 11 is 0. The highest BCUT2D eigenvalue weighted by Crippen LogP contribution is 2.27. The van der Waals surface area contributed by atoms with Crippen LogP contribution in [0.3, 0.4) is 0 Å². The summed E-state index contributed by atoms with van der Waals surface area (Å²) in [4.78, 5) is 25.5. The van der Waals surface area contributed by atoms with E-state index in [1.807, 2.05) is 6.92 Å². The first-order valence-electron chi connectivity index (χ1n) is 9.61. The molecule has 30 heavy (non-hydrogen) atoms. The quantitative estimate of drug-likeness (QED) is 0.410. The SMILES string of the molecule is CCOc1ccc(C(=O)[C@@H](C)OC(=O)c2ccccc2-c2ccccc2C#N)cc1. The Hall–Kier alpha value is -3.91. The van der Waals surface area contributed by atoms with E-state index in [0.29, 0.717) is 40.2 Å². The van der Waals surface area contributed by atoms with E-state index in [1.165, 1.54) is 0 Å². The van der Waals surface area contributed by atoms with Crippen LogP contribution in [0.4, 0.5) is 0 Å². The Morgan fingerprint density at radius 3 is 2.23 bits per heavy atom. The molecule has 0 heterocycles. The Balaban J connectivity index is 1.81. The number of esters is 1. The third-order valence-electron chi connectivity index (χ3n) is 4.59. The summed E-state index contributed by atoms with van der Waals surface area (Å²) in [6.07, 6.45) is -0.963. The van der Waals surface area contributed by atoms with E-state index in [1.54, 1.807) is 79.7 Å². The Bertz CT molecular complexity index is 1100. The molecule has 3 rings (SSSR count). The number of hydrogen-bond donors (Lipinski definition) is 0. The van der Waals surface area contributed by atoms with E-state index in [-0.39, 0.29) is 5.78 Å². The molecule has 5 nitrogen and oxygen atoms in total. The molecule has 3 aromatic carbocycles. The fourth-order valence-electron chi connectivity index (χ4n) is 3.11. The van der Waals surface area contributed by atoms with E-state index in [9.17, 15) is 14.9 Å². The normalized spacial score (nSPS) is 11.2. The second-order valence-corrected chi connectivity index (χ2v) is 6.57. The van der Waals surface area contributed by atoms with Crippen LogP contribution in [-0.4, -0.2) is 24.5 Å². The molecule has 0 unspecified atom stereocenters. The van der Waals surface area contributed by atoms with E-state index in [4.69, 9.17) is 9.47 Å². The van der Waals surface area contributed by atoms with Gasteiger partial charge in [0.1, 0.15) is 5.75 Å². The summed E-state index contributed by atoms with van der Waals surface area (Å²) in [7, 11) is 0. The zero-order valence-corrected chi connectivity index (χ0v) is 16.8. The summed E-state index contributed by atoms with van der Waals surface area (Å²) < 4.78 is 10.8. The molecule has 0 fully saturated rings. The Kier molecular flexibility index (Phi) is 6.61. The number of nitriles is 1. The number of ether oxygens (including phenoxy) is 2. The fourth-order valence-corrected chi connectivity index (χ4v) is 3.11. The maximum Gasteiger partial charge on any atom is 0.339 e. The highest BCUT2D eigenvalue weighted by molar-refractivity contribution is 6.03. The summed E-state index contributed by atoms with van der Waals surface area (Å²) in [5.74, 6) is -0.254. The molecule has 0 bridgehead atoms. The molecule has 1 atom stereocenters. The summed E-state index contributed by atoms with van der Waals surface area (Å²) in [6, 6.07) is 22.8. The number of hydrogen-bond acceptors (Lipinski definition) is 5. The molecule has 0 saturated heterocycles. The zero-order valence-electron chi connectivity index (χ0n) is 16.8. The minimum absolute atomic E-state index is 0.298. The summed E-state index contributed by atoms with van der Waals surface area (Å²) in [5.41, 5.74) is 2.41. The van der Waals surface area contributed by atoms with Gasteiger partial charge in [0.2, 0.25) is 5.78 Å². The van der Waals surface area contributed by atoms with Crippen LogP contribution in [0.5, 0.6) is 5.75 Å². The lowest BCUT2D eigenvalue weighted by molar-refractivity contribution is 0.0319. The molecule has 0 saturated carbocycles. The molecule has 150 valence electrons. The molecule has 0 N–H and O–H groups in total. The molecule has 0 aliphatic carbocycles. The van der Waals surface area contributed by atoms with Crippen LogP contribution in [-0.2, 0) is 4.74 Å². The number of benzene rings is 3. The van der Waals surface area contributed by atoms with Crippen molar-refractivity contribution >= 4 is 11.8 Å². The topological polar surface area (TPSA) is 76.4 Å². The largest absolute Gasteiger partial charge is 0.494 e. The second kappa shape index (κ2) is 9.53. The van der Waals surface area contributed by atoms with Crippen LogP contribution in [0.25, 0.3) is 11.1 Å². The van der Waals surface area contributed by atoms with Crippen LogP contribution >= 0.6 is 0 Å². The molecule has 5 heteroatoms. The standard InChI is InChI=1S/C25H21NO4/c1-3-29-20-14-12-18(13-15-20)24(27)17(2)30-25(28)23-11-7-6-10-22(23)21-9-5-4-8-19(21)16-26/h4-15,17H,3H2,1-2H3/t17-/m1/s1. The van der Waals surface area contributed by atoms with Gasteiger partial charge in [-0.2, -0.15) is 5.26 Å². The van der Waals surface area contributed by atoms with Crippen molar-refractivity contribution in [2.45, 2.75) is 20.0 Å². The number of carbonyl (C=O) groups is 2. The van der Waals surface area contributed by atoms with Crippen molar-refractivity contribution in [3.05, 3.63) is 89.5 Å². The first-order chi connectivity index (χ1) is 14.5. The number of carbonyl (C=O) groups excluding carboxylic acids is 2. The van der Waals surface area contributed by atoms with Crippen molar-refractivity contribution in [3.63, 3.8) is 0 Å². The lowest BCUT2D eigenvalue weighted by Crippen LogP contribution is -2.24. The maximum atomic E-state index is 12.8. The van der Waals surface area contributed by atoms with Gasteiger partial charge < -0.3 is 9.47 Å². The molecule has 0 aliphatic rings. The number of Topliss-reactive ketones (excluding diaryl/α,β-unsaturated/α-hetero) is 1. The van der Waals surface area contributed by atoms with Crippen molar-refractivity contribution in [2.24, 2.45) is 0 Å². The van der Waals surface area contributed by atoms with Gasteiger partial charge in [-0.15, -0.1) is 0 Å². The molecule has 0 spiro atoms. The smallest absolute Gasteiger partial charge is 0.339 e. The van der Waals surface area contributed by atoms with Gasteiger partial charge in [0.15, 0.2) is 6.10 Å². The summed E-state index contributed by atoms with van der Waals surface area (Å²) in [6.45, 7) is 3.96. The van der Waals surface area contributed by atoms with Crippen LogP contribution < -0.4 is 4.74 Å². The van der Waals surface area contributed by atoms with Crippen molar-refractivity contribution in [1.29, 1.82) is 5.26 Å². The fraction of sp³-hybridized carbons (Fsp3) is 0.160. The number of rotatable bonds is 7. The first-order valence-corrected chi connectivity index (χ1v) is 9.61. The van der Waals surface area contributed by atoms with Gasteiger partial charge in [0.25, 0.3) is 0 Å². The lowest BCUT2D eigenvalue weighted by Gasteiger charge is -2.15. The van der Waals surface area contributed by atoms with Gasteiger partial charge in [-0.3, -0.25) is 4.79 Å². The number of ketones is 1. The predicted octanol–water partition coefficient (Wildman–Crippen LogP) is 5.05. The van der Waals surface area contributed by atoms with Crippen LogP contribution in [0.15, 0.2) is 72.8 Å².